The fourth-order valence-corrected chi connectivity index (χ4v) is 2.70. The van der Waals surface area contributed by atoms with Gasteiger partial charge in [-0.3, -0.25) is 0 Å². The molecule has 0 bridgehead atoms. The Morgan fingerprint density at radius 2 is 1.83 bits per heavy atom. The molecule has 3 rings (SSSR count). The molecular weight excluding hydrogens is 245 g/mol. The molecule has 5 heteroatoms. The molecule has 18 heavy (non-hydrogen) atoms. The summed E-state index contributed by atoms with van der Waals surface area (Å²) in [6, 6.07) is 15.5. The smallest absolute Gasteiger partial charge is 0.537 e. The van der Waals surface area contributed by atoms with Crippen molar-refractivity contribution in [3.63, 3.8) is 0 Å². The average molecular weight is 254 g/mol. The Labute approximate surface area is 109 Å². The molecule has 3 aromatic rings. The molecule has 2 aromatic carbocycles. The lowest BCUT2D eigenvalue weighted by Gasteiger charge is -2.01. The van der Waals surface area contributed by atoms with Crippen LogP contribution in [0.15, 0.2) is 48.5 Å². The molecule has 0 amide bonds. The van der Waals surface area contributed by atoms with Crippen molar-refractivity contribution in [1.29, 1.82) is 0 Å². The van der Waals surface area contributed by atoms with Gasteiger partial charge in [0.1, 0.15) is 10.8 Å². The minimum absolute atomic E-state index is 0.599. The van der Waals surface area contributed by atoms with Crippen LogP contribution in [0, 0.1) is 0 Å². The van der Waals surface area contributed by atoms with Gasteiger partial charge in [-0.2, -0.15) is 0 Å². The highest BCUT2D eigenvalue weighted by atomic mass is 32.1. The van der Waals surface area contributed by atoms with E-state index in [0.717, 1.165) is 16.1 Å². The van der Waals surface area contributed by atoms with Gasteiger partial charge in [0.2, 0.25) is 0 Å². The van der Waals surface area contributed by atoms with Crippen LogP contribution in [0.4, 0.5) is 0 Å². The van der Waals surface area contributed by atoms with Gasteiger partial charge < -0.3 is 9.68 Å². The molecular formula is C13H9BNO2S. The third-order valence-corrected chi connectivity index (χ3v) is 3.67. The number of fused-ring (bicyclic) bond motifs is 1. The zero-order valence-corrected chi connectivity index (χ0v) is 10.2. The highest BCUT2D eigenvalue weighted by Crippen LogP contribution is 2.30. The van der Waals surface area contributed by atoms with E-state index in [9.17, 15) is 0 Å². The zero-order chi connectivity index (χ0) is 12.4. The summed E-state index contributed by atoms with van der Waals surface area (Å²) < 4.78 is 6.05. The Kier molecular flexibility index (Phi) is 3.00. The number of para-hydroxylation sites is 1. The van der Waals surface area contributed by atoms with Crippen molar-refractivity contribution in [2.75, 3.05) is 0 Å². The number of rotatable bonds is 3. The number of thiazole rings is 1. The second-order valence-electron chi connectivity index (χ2n) is 3.73. The Hall–Kier alpha value is -1.85. The van der Waals surface area contributed by atoms with Crippen molar-refractivity contribution in [1.82, 2.24) is 4.98 Å². The van der Waals surface area contributed by atoms with E-state index in [1.54, 1.807) is 23.5 Å². The van der Waals surface area contributed by atoms with E-state index in [1.165, 1.54) is 4.70 Å². The number of aromatic nitrogens is 1. The largest absolute Gasteiger partial charge is 0.569 e. The molecule has 0 saturated carbocycles. The van der Waals surface area contributed by atoms with Crippen molar-refractivity contribution in [2.45, 2.75) is 0 Å². The topological polar surface area (TPSA) is 42.4 Å². The summed E-state index contributed by atoms with van der Waals surface area (Å²) in [5.41, 5.74) is 2.06. The molecule has 0 atom stereocenters. The van der Waals surface area contributed by atoms with Crippen molar-refractivity contribution in [3.05, 3.63) is 48.5 Å². The van der Waals surface area contributed by atoms with Gasteiger partial charge in [0.15, 0.2) is 0 Å². The SMILES string of the molecule is O[B]Oc1ccc(-c2nc3ccccc3s2)cc1. The summed E-state index contributed by atoms with van der Waals surface area (Å²) in [6.45, 7) is 0. The van der Waals surface area contributed by atoms with Gasteiger partial charge in [-0.1, -0.05) is 12.1 Å². The van der Waals surface area contributed by atoms with E-state index in [4.69, 9.17) is 9.68 Å². The fraction of sp³-hybridized carbons (Fsp3) is 0. The lowest BCUT2D eigenvalue weighted by atomic mass is 10.2. The van der Waals surface area contributed by atoms with Gasteiger partial charge in [-0.05, 0) is 36.4 Å². The highest BCUT2D eigenvalue weighted by Gasteiger charge is 2.05. The van der Waals surface area contributed by atoms with E-state index in [1.807, 2.05) is 30.3 Å². The van der Waals surface area contributed by atoms with Gasteiger partial charge in [0.25, 0.3) is 0 Å². The van der Waals surface area contributed by atoms with E-state index in [0.29, 0.717) is 13.4 Å². The van der Waals surface area contributed by atoms with Crippen LogP contribution in [0.3, 0.4) is 0 Å². The molecule has 0 aliphatic heterocycles. The van der Waals surface area contributed by atoms with Crippen LogP contribution in [0.2, 0.25) is 0 Å². The molecule has 0 aliphatic rings. The number of hydrogen-bond donors (Lipinski definition) is 1. The number of hydrogen-bond acceptors (Lipinski definition) is 4. The predicted octanol–water partition coefficient (Wildman–Crippen LogP) is 2.87. The second-order valence-corrected chi connectivity index (χ2v) is 4.77. The fourth-order valence-electron chi connectivity index (χ4n) is 1.73. The Bertz CT molecular complexity index is 633. The van der Waals surface area contributed by atoms with E-state index in [-0.39, 0.29) is 0 Å². The summed E-state index contributed by atoms with van der Waals surface area (Å²) in [6.07, 6.45) is 0. The van der Waals surface area contributed by atoms with Crippen LogP contribution in [0.5, 0.6) is 5.75 Å². The maximum absolute atomic E-state index is 8.54. The highest BCUT2D eigenvalue weighted by molar-refractivity contribution is 7.21. The van der Waals surface area contributed by atoms with Gasteiger partial charge in [0.05, 0.1) is 10.2 Å². The number of benzene rings is 2. The molecule has 0 saturated heterocycles. The first kappa shape index (κ1) is 11.3. The van der Waals surface area contributed by atoms with E-state index >= 15 is 0 Å². The average Bonchev–Trinajstić information content (AvgIpc) is 2.84. The summed E-state index contributed by atoms with van der Waals surface area (Å²) in [4.78, 5) is 4.58. The lowest BCUT2D eigenvalue weighted by Crippen LogP contribution is -1.99. The molecule has 0 spiro atoms. The van der Waals surface area contributed by atoms with Gasteiger partial charge in [-0.25, -0.2) is 4.98 Å². The maximum atomic E-state index is 8.54. The summed E-state index contributed by atoms with van der Waals surface area (Å²) in [5, 5.41) is 9.53. The van der Waals surface area contributed by atoms with Gasteiger partial charge in [-0.15, -0.1) is 11.3 Å². The quantitative estimate of drug-likeness (QED) is 0.731. The molecule has 0 aliphatic carbocycles. The Morgan fingerprint density at radius 1 is 1.06 bits per heavy atom. The molecule has 1 aromatic heterocycles. The zero-order valence-electron chi connectivity index (χ0n) is 9.41. The van der Waals surface area contributed by atoms with Crippen molar-refractivity contribution >= 4 is 29.2 Å². The monoisotopic (exact) mass is 254 g/mol. The third kappa shape index (κ3) is 2.10. The van der Waals surface area contributed by atoms with Crippen LogP contribution in [-0.4, -0.2) is 17.7 Å². The molecule has 87 valence electrons. The molecule has 0 unspecified atom stereocenters. The summed E-state index contributed by atoms with van der Waals surface area (Å²) >= 11 is 1.66. The predicted molar refractivity (Wildman–Crippen MR) is 73.7 cm³/mol. The third-order valence-electron chi connectivity index (χ3n) is 2.58. The maximum Gasteiger partial charge on any atom is 0.569 e. The first-order valence-electron chi connectivity index (χ1n) is 5.45. The Morgan fingerprint density at radius 3 is 2.56 bits per heavy atom. The normalized spacial score (nSPS) is 10.5. The first-order chi connectivity index (χ1) is 8.86. The van der Waals surface area contributed by atoms with E-state index < -0.39 is 0 Å². The molecule has 1 radical (unpaired) electrons. The summed E-state index contributed by atoms with van der Waals surface area (Å²) in [7, 11) is 0.673. The van der Waals surface area contributed by atoms with E-state index in [2.05, 4.69) is 11.1 Å². The minimum Gasteiger partial charge on any atom is -0.537 e. The molecule has 0 fully saturated rings. The molecule has 1 heterocycles. The van der Waals surface area contributed by atoms with Gasteiger partial charge >= 0.3 is 7.69 Å². The van der Waals surface area contributed by atoms with Crippen molar-refractivity contribution < 1.29 is 9.68 Å². The lowest BCUT2D eigenvalue weighted by molar-refractivity contribution is 0.454. The van der Waals surface area contributed by atoms with Gasteiger partial charge in [0, 0.05) is 5.56 Å². The van der Waals surface area contributed by atoms with Crippen LogP contribution in [-0.2, 0) is 0 Å². The first-order valence-corrected chi connectivity index (χ1v) is 6.27. The van der Waals surface area contributed by atoms with Crippen LogP contribution >= 0.6 is 11.3 Å². The van der Waals surface area contributed by atoms with Crippen molar-refractivity contribution in [2.24, 2.45) is 0 Å². The number of nitrogens with zero attached hydrogens (tertiary/aromatic N) is 1. The van der Waals surface area contributed by atoms with Crippen LogP contribution < -0.4 is 4.65 Å². The van der Waals surface area contributed by atoms with Crippen LogP contribution in [0.1, 0.15) is 0 Å². The molecule has 1 N–H and O–H groups in total. The van der Waals surface area contributed by atoms with Crippen molar-refractivity contribution in [3.8, 4) is 16.3 Å². The second kappa shape index (κ2) is 4.80. The Balaban J connectivity index is 1.98. The molecule has 3 nitrogen and oxygen atoms in total. The van der Waals surface area contributed by atoms with Crippen LogP contribution in [0.25, 0.3) is 20.8 Å². The minimum atomic E-state index is 0.599. The summed E-state index contributed by atoms with van der Waals surface area (Å²) in [5.74, 6) is 0.599. The standard InChI is InChI=1S/C13H9BNO2S/c16-14-17-10-7-5-9(6-8-10)13-15-11-3-1-2-4-12(11)18-13/h1-8,16H.